The van der Waals surface area contributed by atoms with Gasteiger partial charge in [-0.1, -0.05) is 17.1 Å². The maximum Gasteiger partial charge on any atom is 0.407 e. The maximum absolute atomic E-state index is 13.0. The van der Waals surface area contributed by atoms with Crippen LogP contribution in [0.2, 0.25) is 0 Å². The zero-order valence-electron chi connectivity index (χ0n) is 16.3. The molecule has 1 fully saturated rings. The van der Waals surface area contributed by atoms with Crippen molar-refractivity contribution < 1.29 is 23.7 Å². The molecule has 2 aliphatic rings. The summed E-state index contributed by atoms with van der Waals surface area (Å²) in [6.45, 7) is 3.82. The first-order chi connectivity index (χ1) is 13.8. The molecule has 2 N–H and O–H groups in total. The highest BCUT2D eigenvalue weighted by Crippen LogP contribution is 2.33. The number of aliphatic imine (C=N–C) groups is 1. The number of carbonyl (C=O) groups is 3. The molecule has 1 atom stereocenters. The van der Waals surface area contributed by atoms with E-state index < -0.39 is 30.4 Å². The molecule has 0 bridgehead atoms. The number of amides is 4. The molecule has 10 heteroatoms. The number of primary amides is 1. The smallest absolute Gasteiger partial charge is 0.407 e. The van der Waals surface area contributed by atoms with Gasteiger partial charge in [0.05, 0.1) is 6.61 Å². The van der Waals surface area contributed by atoms with Crippen LogP contribution in [0.3, 0.4) is 0 Å². The first-order valence-electron chi connectivity index (χ1n) is 9.16. The van der Waals surface area contributed by atoms with Gasteiger partial charge in [0.25, 0.3) is 5.91 Å². The summed E-state index contributed by atoms with van der Waals surface area (Å²) in [6.07, 6.45) is 1.79. The van der Waals surface area contributed by atoms with E-state index in [1.807, 2.05) is 42.7 Å². The molecule has 0 radical (unpaired) electrons. The van der Waals surface area contributed by atoms with Crippen molar-refractivity contribution in [3.63, 3.8) is 0 Å². The molecule has 29 heavy (non-hydrogen) atoms. The molecule has 0 spiro atoms. The Kier molecular flexibility index (Phi) is 4.33. The summed E-state index contributed by atoms with van der Waals surface area (Å²) < 4.78 is 9.32. The topological polar surface area (TPSA) is 114 Å². The number of para-hydroxylation sites is 2. The monoisotopic (exact) mass is 397 g/mol. The first-order valence-corrected chi connectivity index (χ1v) is 9.16. The van der Waals surface area contributed by atoms with Crippen LogP contribution in [0.5, 0.6) is 5.75 Å². The van der Waals surface area contributed by atoms with E-state index >= 15 is 0 Å². The van der Waals surface area contributed by atoms with Crippen LogP contribution in [0.25, 0.3) is 5.69 Å². The van der Waals surface area contributed by atoms with Crippen LogP contribution in [-0.4, -0.2) is 58.2 Å². The second-order valence-corrected chi connectivity index (χ2v) is 6.82. The van der Waals surface area contributed by atoms with Crippen LogP contribution in [0.4, 0.5) is 10.7 Å². The highest BCUT2D eigenvalue weighted by Gasteiger charge is 2.53. The van der Waals surface area contributed by atoms with Gasteiger partial charge in [0.2, 0.25) is 17.8 Å². The fraction of sp³-hybridized carbons (Fsp3) is 0.316. The number of imide groups is 1. The first kappa shape index (κ1) is 18.7. The van der Waals surface area contributed by atoms with Gasteiger partial charge in [0.15, 0.2) is 5.75 Å². The predicted octanol–water partition coefficient (Wildman–Crippen LogP) is 0.436. The SMILES string of the molecule is CCOc1ccccc1-n1c(C)c[n+]2c1N=C1C2C(=O)N(CC(N)=O)C(=O)N1C. The fourth-order valence-electron chi connectivity index (χ4n) is 3.70. The van der Waals surface area contributed by atoms with Crippen molar-refractivity contribution in [1.29, 1.82) is 0 Å². The number of benzene rings is 1. The molecule has 1 aromatic heterocycles. The van der Waals surface area contributed by atoms with Gasteiger partial charge in [-0.15, -0.1) is 0 Å². The number of ether oxygens (including phenoxy) is 1. The summed E-state index contributed by atoms with van der Waals surface area (Å²) in [5.41, 5.74) is 6.83. The van der Waals surface area contributed by atoms with E-state index in [9.17, 15) is 14.4 Å². The number of carbonyl (C=O) groups excluding carboxylic acids is 3. The number of nitrogens with two attached hydrogens (primary N) is 1. The molecule has 3 heterocycles. The lowest BCUT2D eigenvalue weighted by atomic mass is 10.1. The summed E-state index contributed by atoms with van der Waals surface area (Å²) in [5, 5.41) is 0. The molecule has 2 aliphatic heterocycles. The minimum absolute atomic E-state index is 0.304. The summed E-state index contributed by atoms with van der Waals surface area (Å²) in [6, 6.07) is 6.05. The number of imidazole rings is 1. The fourth-order valence-corrected chi connectivity index (χ4v) is 3.70. The summed E-state index contributed by atoms with van der Waals surface area (Å²) in [5.74, 6) is 0.174. The second-order valence-electron chi connectivity index (χ2n) is 6.82. The number of urea groups is 1. The second kappa shape index (κ2) is 6.73. The third-order valence-electron chi connectivity index (χ3n) is 4.93. The maximum atomic E-state index is 13.0. The molecule has 10 nitrogen and oxygen atoms in total. The largest absolute Gasteiger partial charge is 0.490 e. The minimum atomic E-state index is -0.841. The Balaban J connectivity index is 1.85. The minimum Gasteiger partial charge on any atom is -0.490 e. The molecule has 4 rings (SSSR count). The van der Waals surface area contributed by atoms with Gasteiger partial charge in [-0.3, -0.25) is 19.4 Å². The van der Waals surface area contributed by atoms with Crippen LogP contribution in [0, 0.1) is 6.92 Å². The number of fused-ring (bicyclic) bond motifs is 3. The summed E-state index contributed by atoms with van der Waals surface area (Å²) in [4.78, 5) is 43.7. The molecule has 1 aromatic carbocycles. The molecular weight excluding hydrogens is 376 g/mol. The third-order valence-corrected chi connectivity index (χ3v) is 4.93. The average Bonchev–Trinajstić information content (AvgIpc) is 3.19. The number of amidine groups is 1. The van der Waals surface area contributed by atoms with E-state index in [4.69, 9.17) is 10.5 Å². The van der Waals surface area contributed by atoms with E-state index in [2.05, 4.69) is 4.99 Å². The van der Waals surface area contributed by atoms with Gasteiger partial charge < -0.3 is 10.5 Å². The lowest BCUT2D eigenvalue weighted by molar-refractivity contribution is -0.676. The Morgan fingerprint density at radius 3 is 2.72 bits per heavy atom. The van der Waals surface area contributed by atoms with Crippen molar-refractivity contribution in [2.45, 2.75) is 19.9 Å². The van der Waals surface area contributed by atoms with Crippen molar-refractivity contribution in [3.05, 3.63) is 36.2 Å². The van der Waals surface area contributed by atoms with Crippen molar-refractivity contribution in [2.75, 3.05) is 20.2 Å². The van der Waals surface area contributed by atoms with Crippen molar-refractivity contribution in [2.24, 2.45) is 10.7 Å². The molecule has 150 valence electrons. The highest BCUT2D eigenvalue weighted by atomic mass is 16.5. The van der Waals surface area contributed by atoms with Crippen LogP contribution in [0.15, 0.2) is 35.5 Å². The van der Waals surface area contributed by atoms with E-state index in [0.29, 0.717) is 24.1 Å². The quantitative estimate of drug-likeness (QED) is 0.737. The molecule has 4 amide bonds. The van der Waals surface area contributed by atoms with Gasteiger partial charge >= 0.3 is 12.0 Å². The number of aryl methyl sites for hydroxylation is 1. The number of hydrogen-bond donors (Lipinski definition) is 1. The Labute approximate surface area is 166 Å². The normalized spacial score (nSPS) is 17.9. The van der Waals surface area contributed by atoms with Crippen LogP contribution in [-0.2, 0) is 9.59 Å². The average molecular weight is 397 g/mol. The van der Waals surface area contributed by atoms with Crippen molar-refractivity contribution >= 4 is 29.6 Å². The predicted molar refractivity (Wildman–Crippen MR) is 102 cm³/mol. The molecule has 0 saturated carbocycles. The van der Waals surface area contributed by atoms with E-state index in [-0.39, 0.29) is 0 Å². The Bertz CT molecular complexity index is 1070. The van der Waals surface area contributed by atoms with Crippen LogP contribution < -0.4 is 15.0 Å². The number of likely N-dealkylation sites (N-methyl/N-ethyl adjacent to an activating group) is 1. The van der Waals surface area contributed by atoms with E-state index in [1.54, 1.807) is 10.8 Å². The number of aromatic nitrogens is 2. The summed E-state index contributed by atoms with van der Waals surface area (Å²) >= 11 is 0. The van der Waals surface area contributed by atoms with Crippen molar-refractivity contribution in [3.8, 4) is 11.4 Å². The van der Waals surface area contributed by atoms with Gasteiger partial charge in [-0.05, 0) is 26.0 Å². The van der Waals surface area contributed by atoms with Gasteiger partial charge in [0, 0.05) is 7.05 Å². The number of nitrogens with zero attached hydrogens (tertiary/aromatic N) is 5. The van der Waals surface area contributed by atoms with Crippen LogP contribution in [0.1, 0.15) is 18.7 Å². The van der Waals surface area contributed by atoms with Gasteiger partial charge in [0.1, 0.15) is 24.1 Å². The molecule has 2 aromatic rings. The summed E-state index contributed by atoms with van der Waals surface area (Å²) in [7, 11) is 1.52. The molecule has 0 aliphatic carbocycles. The van der Waals surface area contributed by atoms with Gasteiger partial charge in [-0.2, -0.15) is 4.57 Å². The zero-order valence-corrected chi connectivity index (χ0v) is 16.3. The zero-order chi connectivity index (χ0) is 20.9. The van der Waals surface area contributed by atoms with Crippen molar-refractivity contribution in [1.82, 2.24) is 14.4 Å². The van der Waals surface area contributed by atoms with E-state index in [0.717, 1.165) is 16.3 Å². The highest BCUT2D eigenvalue weighted by molar-refractivity contribution is 6.19. The standard InChI is InChI=1S/C19H20N6O4/c1-4-29-13-8-6-5-7-12(13)25-11(2)9-23-15-16(21-18(23)25)22(3)19(28)24(17(15)27)10-14(20)26/h5-9,15H,4,10H2,1-3H3,(H-,20,26)/p+1. The Morgan fingerprint density at radius 2 is 2.03 bits per heavy atom. The molecular formula is C19H21N6O4+. The lowest BCUT2D eigenvalue weighted by Crippen LogP contribution is -2.63. The molecule has 1 unspecified atom stereocenters. The third kappa shape index (κ3) is 2.75. The Morgan fingerprint density at radius 1 is 1.31 bits per heavy atom. The number of hydrogen-bond acceptors (Lipinski definition) is 5. The lowest BCUT2D eigenvalue weighted by Gasteiger charge is -2.32. The van der Waals surface area contributed by atoms with Crippen LogP contribution >= 0.6 is 0 Å². The number of rotatable bonds is 5. The van der Waals surface area contributed by atoms with E-state index in [1.165, 1.54) is 11.9 Å². The van der Waals surface area contributed by atoms with Gasteiger partial charge in [-0.25, -0.2) is 9.36 Å². The Hall–Kier alpha value is -3.69. The molecule has 1 saturated heterocycles.